The monoisotopic (exact) mass is 311 g/mol. The van der Waals surface area contributed by atoms with E-state index in [1.807, 2.05) is 0 Å². The highest BCUT2D eigenvalue weighted by Gasteiger charge is 2.18. The van der Waals surface area contributed by atoms with Gasteiger partial charge in [0.25, 0.3) is 5.97 Å². The summed E-state index contributed by atoms with van der Waals surface area (Å²) in [6.45, 7) is 3.87. The molecule has 2 rings (SSSR count). The molecule has 1 saturated carbocycles. The molecule has 0 amide bonds. The van der Waals surface area contributed by atoms with Crippen LogP contribution in [0.3, 0.4) is 0 Å². The third kappa shape index (κ3) is 10.2. The molecule has 3 heteroatoms. The number of carbonyl (C=O) groups is 1. The van der Waals surface area contributed by atoms with Crippen LogP contribution in [0.25, 0.3) is 0 Å². The van der Waals surface area contributed by atoms with Crippen molar-refractivity contribution in [1.82, 2.24) is 4.90 Å². The number of rotatable bonds is 1. The van der Waals surface area contributed by atoms with Crippen LogP contribution < -0.4 is 0 Å². The summed E-state index contributed by atoms with van der Waals surface area (Å²) in [5, 5.41) is 7.42. The second kappa shape index (κ2) is 12.9. The molecule has 1 aliphatic carbocycles. The zero-order chi connectivity index (χ0) is 16.0. The first-order valence-electron chi connectivity index (χ1n) is 9.63. The maximum absolute atomic E-state index is 9.00. The Morgan fingerprint density at radius 2 is 1.05 bits per heavy atom. The van der Waals surface area contributed by atoms with Crippen LogP contribution in [-0.4, -0.2) is 35.1 Å². The fourth-order valence-corrected chi connectivity index (χ4v) is 3.79. The quantitative estimate of drug-likeness (QED) is 0.720. The summed E-state index contributed by atoms with van der Waals surface area (Å²) < 4.78 is 0. The van der Waals surface area contributed by atoms with E-state index in [1.54, 1.807) is 0 Å². The maximum Gasteiger partial charge on any atom is 0.300 e. The Bertz CT molecular complexity index is 235. The summed E-state index contributed by atoms with van der Waals surface area (Å²) in [5.74, 6) is -0.833. The molecule has 0 spiro atoms. The molecule has 1 heterocycles. The van der Waals surface area contributed by atoms with Crippen molar-refractivity contribution in [2.24, 2.45) is 0 Å². The molecule has 0 bridgehead atoms. The van der Waals surface area contributed by atoms with Crippen molar-refractivity contribution in [3.63, 3.8) is 0 Å². The van der Waals surface area contributed by atoms with Gasteiger partial charge in [-0.3, -0.25) is 4.79 Å². The molecule has 2 fully saturated rings. The maximum atomic E-state index is 9.00. The van der Waals surface area contributed by atoms with Crippen molar-refractivity contribution < 1.29 is 9.90 Å². The summed E-state index contributed by atoms with van der Waals surface area (Å²) in [6.07, 6.45) is 20.7. The van der Waals surface area contributed by atoms with Crippen LogP contribution >= 0.6 is 0 Å². The van der Waals surface area contributed by atoms with Gasteiger partial charge >= 0.3 is 0 Å². The molecule has 0 aromatic carbocycles. The van der Waals surface area contributed by atoms with Gasteiger partial charge in [-0.1, -0.05) is 64.2 Å². The van der Waals surface area contributed by atoms with Crippen molar-refractivity contribution in [1.29, 1.82) is 0 Å². The van der Waals surface area contributed by atoms with Crippen LogP contribution in [0.15, 0.2) is 0 Å². The van der Waals surface area contributed by atoms with Gasteiger partial charge in [0.1, 0.15) is 0 Å². The minimum absolute atomic E-state index is 0.833. The SMILES string of the molecule is C1CCCCC(N2CCCCCCCC2)CCC1.CC(=O)O. The third-order valence-electron chi connectivity index (χ3n) is 4.98. The lowest BCUT2D eigenvalue weighted by Crippen LogP contribution is -2.36. The number of carboxylic acids is 1. The first-order chi connectivity index (χ1) is 10.7. The Balaban J connectivity index is 0.000000541. The van der Waals surface area contributed by atoms with E-state index in [2.05, 4.69) is 4.90 Å². The summed E-state index contributed by atoms with van der Waals surface area (Å²) in [7, 11) is 0. The van der Waals surface area contributed by atoms with Gasteiger partial charge in [0.2, 0.25) is 0 Å². The second-order valence-corrected chi connectivity index (χ2v) is 7.03. The summed E-state index contributed by atoms with van der Waals surface area (Å²) >= 11 is 0. The van der Waals surface area contributed by atoms with Gasteiger partial charge in [0, 0.05) is 13.0 Å². The number of aliphatic carboxylic acids is 1. The number of nitrogens with zero attached hydrogens (tertiary/aromatic N) is 1. The van der Waals surface area contributed by atoms with E-state index in [4.69, 9.17) is 9.90 Å². The molecule has 2 aliphatic rings. The lowest BCUT2D eigenvalue weighted by Gasteiger charge is -2.31. The highest BCUT2D eigenvalue weighted by molar-refractivity contribution is 5.62. The lowest BCUT2D eigenvalue weighted by molar-refractivity contribution is -0.134. The Morgan fingerprint density at radius 3 is 1.45 bits per heavy atom. The summed E-state index contributed by atoms with van der Waals surface area (Å²) in [4.78, 5) is 11.9. The Morgan fingerprint density at radius 1 is 0.727 bits per heavy atom. The molecule has 0 radical (unpaired) electrons. The minimum Gasteiger partial charge on any atom is -0.481 e. The predicted octanol–water partition coefficient (Wildman–Crippen LogP) is 5.24. The fraction of sp³-hybridized carbons (Fsp3) is 0.947. The van der Waals surface area contributed by atoms with Crippen LogP contribution in [0, 0.1) is 0 Å². The average molecular weight is 312 g/mol. The predicted molar refractivity (Wildman–Crippen MR) is 93.3 cm³/mol. The van der Waals surface area contributed by atoms with Crippen molar-refractivity contribution in [2.45, 2.75) is 103 Å². The van der Waals surface area contributed by atoms with E-state index in [0.717, 1.165) is 13.0 Å². The molecule has 1 N–H and O–H groups in total. The van der Waals surface area contributed by atoms with E-state index >= 15 is 0 Å². The van der Waals surface area contributed by atoms with Crippen molar-refractivity contribution in [3.05, 3.63) is 0 Å². The standard InChI is InChI=1S/C17H33N.C2H4O2/c1-2-6-10-14-17(13-9-5-1)18-15-11-7-3-4-8-12-16-18;1-2(3)4/h17H,1-16H2;1H3,(H,3,4). The molecule has 0 unspecified atom stereocenters. The normalized spacial score (nSPS) is 23.5. The van der Waals surface area contributed by atoms with Crippen molar-refractivity contribution >= 4 is 5.97 Å². The van der Waals surface area contributed by atoms with E-state index < -0.39 is 5.97 Å². The van der Waals surface area contributed by atoms with Gasteiger partial charge in [-0.15, -0.1) is 0 Å². The first kappa shape index (κ1) is 19.5. The fourth-order valence-electron chi connectivity index (χ4n) is 3.79. The smallest absolute Gasteiger partial charge is 0.300 e. The molecule has 0 aromatic heterocycles. The highest BCUT2D eigenvalue weighted by Crippen LogP contribution is 2.23. The van der Waals surface area contributed by atoms with Gasteiger partial charge < -0.3 is 10.0 Å². The third-order valence-corrected chi connectivity index (χ3v) is 4.98. The molecule has 1 aliphatic heterocycles. The summed E-state index contributed by atoms with van der Waals surface area (Å²) in [5.41, 5.74) is 0. The zero-order valence-electron chi connectivity index (χ0n) is 14.7. The second-order valence-electron chi connectivity index (χ2n) is 7.03. The average Bonchev–Trinajstić information content (AvgIpc) is 2.69. The molecule has 130 valence electrons. The van der Waals surface area contributed by atoms with Crippen LogP contribution in [0.5, 0.6) is 0 Å². The number of hydrogen-bond donors (Lipinski definition) is 1. The van der Waals surface area contributed by atoms with Crippen molar-refractivity contribution in [2.75, 3.05) is 13.1 Å². The van der Waals surface area contributed by atoms with Gasteiger partial charge in [0.15, 0.2) is 0 Å². The summed E-state index contributed by atoms with van der Waals surface area (Å²) in [6, 6.07) is 0.932. The molecule has 3 nitrogen and oxygen atoms in total. The van der Waals surface area contributed by atoms with Crippen LogP contribution in [0.4, 0.5) is 0 Å². The van der Waals surface area contributed by atoms with E-state index in [9.17, 15) is 0 Å². The van der Waals surface area contributed by atoms with Crippen LogP contribution in [0.1, 0.15) is 96.8 Å². The molecule has 0 atom stereocenters. The lowest BCUT2D eigenvalue weighted by atomic mass is 10.0. The van der Waals surface area contributed by atoms with Gasteiger partial charge in [-0.05, 0) is 38.8 Å². The minimum atomic E-state index is -0.833. The van der Waals surface area contributed by atoms with Gasteiger partial charge in [-0.25, -0.2) is 0 Å². The zero-order valence-corrected chi connectivity index (χ0v) is 14.7. The van der Waals surface area contributed by atoms with Crippen molar-refractivity contribution in [3.8, 4) is 0 Å². The molecule has 22 heavy (non-hydrogen) atoms. The van der Waals surface area contributed by atoms with E-state index in [-0.39, 0.29) is 0 Å². The Kier molecular flexibility index (Phi) is 11.4. The van der Waals surface area contributed by atoms with E-state index in [1.165, 1.54) is 103 Å². The number of hydrogen-bond acceptors (Lipinski definition) is 2. The Labute approximate surface area is 137 Å². The van der Waals surface area contributed by atoms with Gasteiger partial charge in [-0.2, -0.15) is 0 Å². The van der Waals surface area contributed by atoms with Crippen LogP contribution in [-0.2, 0) is 4.79 Å². The van der Waals surface area contributed by atoms with Gasteiger partial charge in [0.05, 0.1) is 0 Å². The molecule has 1 saturated heterocycles. The largest absolute Gasteiger partial charge is 0.481 e. The first-order valence-corrected chi connectivity index (χ1v) is 9.63. The molecule has 0 aromatic rings. The molecular formula is C19H37NO2. The number of carboxylic acid groups (broad SMARTS) is 1. The highest BCUT2D eigenvalue weighted by atomic mass is 16.4. The Hall–Kier alpha value is -0.570. The molecular weight excluding hydrogens is 274 g/mol. The topological polar surface area (TPSA) is 40.5 Å². The van der Waals surface area contributed by atoms with E-state index in [0.29, 0.717) is 0 Å². The van der Waals surface area contributed by atoms with Crippen LogP contribution in [0.2, 0.25) is 0 Å².